The smallest absolute Gasteiger partial charge is 0.312 e. The fraction of sp³-hybridized carbons (Fsp3) is 0.459. The van der Waals surface area contributed by atoms with Gasteiger partial charge in [0.05, 0.1) is 48.0 Å². The van der Waals surface area contributed by atoms with E-state index in [0.29, 0.717) is 9.40 Å². The van der Waals surface area contributed by atoms with Gasteiger partial charge in [-0.15, -0.1) is 22.7 Å². The molecule has 2 aromatic heterocycles. The van der Waals surface area contributed by atoms with E-state index in [2.05, 4.69) is 0 Å². The molecular formula is C37H42F2O10S2. The second-order valence-electron chi connectivity index (χ2n) is 14.3. The van der Waals surface area contributed by atoms with Gasteiger partial charge in [-0.05, 0) is 60.6 Å². The lowest BCUT2D eigenvalue weighted by atomic mass is 9.86. The molecule has 0 aliphatic heterocycles. The number of halogens is 2. The highest BCUT2D eigenvalue weighted by atomic mass is 32.1. The van der Waals surface area contributed by atoms with Crippen LogP contribution in [0.3, 0.4) is 0 Å². The molecule has 0 radical (unpaired) electrons. The fourth-order valence-electron chi connectivity index (χ4n) is 4.99. The highest BCUT2D eigenvalue weighted by molar-refractivity contribution is 7.21. The van der Waals surface area contributed by atoms with Gasteiger partial charge in [-0.25, -0.2) is 8.78 Å². The monoisotopic (exact) mass is 748 g/mol. The number of Topliss-reactive ketones (excluding diaryl/α,β-unsaturated/α-hetero) is 2. The van der Waals surface area contributed by atoms with Crippen LogP contribution in [-0.2, 0) is 14.3 Å². The molecule has 1 N–H and O–H groups in total. The minimum Gasteiger partial charge on any atom is -0.493 e. The molecule has 0 saturated heterocycles. The number of carboxylic acids is 1. The standard InChI is InChI=1S/C37H42F2O10S2/c1-35(2,3)49-34(44)37(6,7)18-22(41)28-14-20-26(51-28)16-24(46-9)32(30(20)39)48-12-10-11-47-31-23(45-8)15-25-19(29(31)38)13-27(50-25)21(40)17-36(4,5)33(42)43/h13-16H,10-12,17-18H2,1-9H3,(H,42,43). The van der Waals surface area contributed by atoms with Crippen molar-refractivity contribution in [2.45, 2.75) is 73.3 Å². The molecule has 2 heterocycles. The zero-order valence-corrected chi connectivity index (χ0v) is 31.7. The molecule has 276 valence electrons. The second kappa shape index (κ2) is 15.1. The quantitative estimate of drug-likeness (QED) is 0.0673. The molecule has 14 heteroatoms. The van der Waals surface area contributed by atoms with E-state index in [0.717, 1.165) is 22.7 Å². The van der Waals surface area contributed by atoms with Crippen LogP contribution in [0, 0.1) is 22.5 Å². The fourth-order valence-corrected chi connectivity index (χ4v) is 7.04. The predicted octanol–water partition coefficient (Wildman–Crippen LogP) is 8.88. The number of aliphatic carboxylic acids is 1. The van der Waals surface area contributed by atoms with Crippen LogP contribution in [0.5, 0.6) is 23.0 Å². The lowest BCUT2D eigenvalue weighted by Crippen LogP contribution is -2.35. The molecule has 0 saturated carbocycles. The van der Waals surface area contributed by atoms with E-state index in [-0.39, 0.29) is 81.8 Å². The summed E-state index contributed by atoms with van der Waals surface area (Å²) in [5.74, 6) is -3.97. The average Bonchev–Trinajstić information content (AvgIpc) is 3.66. The Morgan fingerprint density at radius 3 is 1.47 bits per heavy atom. The Morgan fingerprint density at radius 2 is 1.10 bits per heavy atom. The van der Waals surface area contributed by atoms with E-state index >= 15 is 8.78 Å². The molecule has 0 aliphatic rings. The van der Waals surface area contributed by atoms with Gasteiger partial charge in [0.1, 0.15) is 5.60 Å². The maximum Gasteiger partial charge on any atom is 0.312 e. The number of carbonyl (C=O) groups is 4. The van der Waals surface area contributed by atoms with E-state index in [1.807, 2.05) is 0 Å². The van der Waals surface area contributed by atoms with Crippen molar-refractivity contribution in [3.05, 3.63) is 45.7 Å². The molecule has 10 nitrogen and oxygen atoms in total. The third-order valence-electron chi connectivity index (χ3n) is 7.87. The van der Waals surface area contributed by atoms with Crippen molar-refractivity contribution in [1.82, 2.24) is 0 Å². The number of carboxylic acid groups (broad SMARTS) is 1. The van der Waals surface area contributed by atoms with Crippen molar-refractivity contribution in [2.75, 3.05) is 27.4 Å². The lowest BCUT2D eigenvalue weighted by Gasteiger charge is -2.27. The van der Waals surface area contributed by atoms with E-state index in [1.54, 1.807) is 46.8 Å². The third kappa shape index (κ3) is 8.96. The number of benzene rings is 2. The largest absolute Gasteiger partial charge is 0.493 e. The number of methoxy groups -OCH3 is 2. The molecule has 0 fully saturated rings. The third-order valence-corrected chi connectivity index (χ3v) is 10.1. The maximum absolute atomic E-state index is 15.8. The number of thiophene rings is 2. The zero-order valence-electron chi connectivity index (χ0n) is 30.0. The summed E-state index contributed by atoms with van der Waals surface area (Å²) in [5.41, 5.74) is -3.10. The van der Waals surface area contributed by atoms with Crippen LogP contribution in [0.4, 0.5) is 8.78 Å². The Kier molecular flexibility index (Phi) is 11.7. The molecule has 4 rings (SSSR count). The maximum atomic E-state index is 15.8. The SMILES string of the molecule is COc1cc2sc(C(=O)CC(C)(C)C(=O)O)cc2c(F)c1OCCCOc1c(OC)cc2sc(C(=O)CC(C)(C)C(=O)OC(C)(C)C)cc2c1F. The van der Waals surface area contributed by atoms with Gasteiger partial charge >= 0.3 is 11.9 Å². The molecule has 0 unspecified atom stereocenters. The van der Waals surface area contributed by atoms with Gasteiger partial charge in [0, 0.05) is 51.6 Å². The van der Waals surface area contributed by atoms with Crippen LogP contribution >= 0.6 is 22.7 Å². The van der Waals surface area contributed by atoms with Crippen molar-refractivity contribution < 1.29 is 56.7 Å². The number of rotatable bonds is 16. The predicted molar refractivity (Wildman–Crippen MR) is 191 cm³/mol. The lowest BCUT2D eigenvalue weighted by molar-refractivity contribution is -0.165. The number of ether oxygens (including phenoxy) is 5. The van der Waals surface area contributed by atoms with Crippen LogP contribution in [-0.4, -0.2) is 61.6 Å². The molecule has 2 aromatic carbocycles. The Labute approximate surface area is 302 Å². The van der Waals surface area contributed by atoms with E-state index in [1.165, 1.54) is 40.2 Å². The summed E-state index contributed by atoms with van der Waals surface area (Å²) in [4.78, 5) is 50.7. The minimum absolute atomic E-state index is 0.0402. The van der Waals surface area contributed by atoms with Crippen molar-refractivity contribution in [3.63, 3.8) is 0 Å². The van der Waals surface area contributed by atoms with E-state index in [4.69, 9.17) is 23.7 Å². The Hall–Kier alpha value is -4.30. The first kappa shape index (κ1) is 39.5. The van der Waals surface area contributed by atoms with E-state index < -0.39 is 45.8 Å². The zero-order chi connectivity index (χ0) is 38.1. The number of carbonyl (C=O) groups excluding carboxylic acids is 3. The van der Waals surface area contributed by atoms with Gasteiger partial charge in [-0.1, -0.05) is 0 Å². The first-order chi connectivity index (χ1) is 23.7. The van der Waals surface area contributed by atoms with Crippen LogP contribution in [0.15, 0.2) is 24.3 Å². The Bertz CT molecular complexity index is 1980. The summed E-state index contributed by atoms with van der Waals surface area (Å²) in [6.45, 7) is 11.3. The van der Waals surface area contributed by atoms with Gasteiger partial charge in [0.15, 0.2) is 46.2 Å². The van der Waals surface area contributed by atoms with Crippen LogP contribution in [0.25, 0.3) is 20.2 Å². The minimum atomic E-state index is -1.29. The Balaban J connectivity index is 1.44. The number of esters is 1. The second-order valence-corrected chi connectivity index (χ2v) is 16.5. The summed E-state index contributed by atoms with van der Waals surface area (Å²) in [6.07, 6.45) is -0.187. The van der Waals surface area contributed by atoms with Crippen molar-refractivity contribution in [3.8, 4) is 23.0 Å². The van der Waals surface area contributed by atoms with Crippen molar-refractivity contribution in [2.24, 2.45) is 10.8 Å². The highest BCUT2D eigenvalue weighted by Crippen LogP contribution is 2.42. The van der Waals surface area contributed by atoms with Gasteiger partial charge in [-0.3, -0.25) is 19.2 Å². The first-order valence-corrected chi connectivity index (χ1v) is 17.7. The van der Waals surface area contributed by atoms with Crippen LogP contribution < -0.4 is 18.9 Å². The molecule has 0 atom stereocenters. The summed E-state index contributed by atoms with van der Waals surface area (Å²) in [5, 5.41) is 9.67. The van der Waals surface area contributed by atoms with Crippen LogP contribution in [0.2, 0.25) is 0 Å². The topological polar surface area (TPSA) is 135 Å². The average molecular weight is 749 g/mol. The van der Waals surface area contributed by atoms with Crippen LogP contribution in [0.1, 0.15) is 87.1 Å². The molecule has 0 amide bonds. The first-order valence-electron chi connectivity index (χ1n) is 16.1. The van der Waals surface area contributed by atoms with Gasteiger partial charge < -0.3 is 28.8 Å². The molecule has 4 aromatic rings. The summed E-state index contributed by atoms with van der Waals surface area (Å²) >= 11 is 2.11. The van der Waals surface area contributed by atoms with Crippen molar-refractivity contribution in [1.29, 1.82) is 0 Å². The van der Waals surface area contributed by atoms with Gasteiger partial charge in [0.25, 0.3) is 0 Å². The highest BCUT2D eigenvalue weighted by Gasteiger charge is 2.36. The molecule has 0 spiro atoms. The van der Waals surface area contributed by atoms with Crippen molar-refractivity contribution >= 4 is 66.4 Å². The number of hydrogen-bond donors (Lipinski definition) is 1. The summed E-state index contributed by atoms with van der Waals surface area (Å²) < 4.78 is 60.0. The molecule has 51 heavy (non-hydrogen) atoms. The Morgan fingerprint density at radius 1 is 0.686 bits per heavy atom. The van der Waals surface area contributed by atoms with Gasteiger partial charge in [-0.2, -0.15) is 0 Å². The van der Waals surface area contributed by atoms with E-state index in [9.17, 15) is 24.3 Å². The summed E-state index contributed by atoms with van der Waals surface area (Å²) in [6, 6.07) is 5.92. The molecule has 0 bridgehead atoms. The van der Waals surface area contributed by atoms with Gasteiger partial charge in [0.2, 0.25) is 0 Å². The normalized spacial score (nSPS) is 12.2. The number of fused-ring (bicyclic) bond motifs is 2. The summed E-state index contributed by atoms with van der Waals surface area (Å²) in [7, 11) is 2.71. The number of hydrogen-bond acceptors (Lipinski definition) is 11. The molecular weight excluding hydrogens is 707 g/mol. The number of ketones is 2. The molecule has 0 aliphatic carbocycles.